The second kappa shape index (κ2) is 8.31. The third kappa shape index (κ3) is 4.53. The van der Waals surface area contributed by atoms with Crippen molar-refractivity contribution in [1.82, 2.24) is 15.2 Å². The highest BCUT2D eigenvalue weighted by molar-refractivity contribution is 5.95. The smallest absolute Gasteiger partial charge is 0.255 e. The molecule has 0 unspecified atom stereocenters. The molecule has 0 bridgehead atoms. The Labute approximate surface area is 167 Å². The number of rotatable bonds is 6. The van der Waals surface area contributed by atoms with Gasteiger partial charge in [0.1, 0.15) is 0 Å². The first-order valence-electron chi connectivity index (χ1n) is 10.4. The molecule has 1 aliphatic carbocycles. The van der Waals surface area contributed by atoms with Gasteiger partial charge < -0.3 is 15.1 Å². The third-order valence-electron chi connectivity index (χ3n) is 5.88. The molecule has 5 heteroatoms. The zero-order valence-electron chi connectivity index (χ0n) is 16.9. The Morgan fingerprint density at radius 3 is 2.43 bits per heavy atom. The van der Waals surface area contributed by atoms with Crippen LogP contribution in [-0.4, -0.2) is 55.6 Å². The first-order chi connectivity index (χ1) is 13.6. The van der Waals surface area contributed by atoms with Crippen LogP contribution in [0.1, 0.15) is 36.0 Å². The molecule has 1 N–H and O–H groups in total. The van der Waals surface area contributed by atoms with Gasteiger partial charge in [0.25, 0.3) is 5.91 Å². The minimum absolute atomic E-state index is 0.0971. The molecule has 1 saturated carbocycles. The fourth-order valence-electron chi connectivity index (χ4n) is 3.79. The van der Waals surface area contributed by atoms with Crippen LogP contribution in [0.15, 0.2) is 42.7 Å². The van der Waals surface area contributed by atoms with Crippen molar-refractivity contribution in [2.24, 2.45) is 5.92 Å². The van der Waals surface area contributed by atoms with Crippen LogP contribution in [0.2, 0.25) is 0 Å². The Bertz CT molecular complexity index is 806. The minimum Gasteiger partial charge on any atom is -0.378 e. The van der Waals surface area contributed by atoms with E-state index in [0.717, 1.165) is 55.2 Å². The highest BCUT2D eigenvalue weighted by atomic mass is 16.2. The zero-order chi connectivity index (χ0) is 19.5. The largest absolute Gasteiger partial charge is 0.378 e. The standard InChI is InChI=1S/C23H30N4O/c1-26(2)22-7-5-18(6-8-22)19-13-20(16-24-15-19)23(28)27-11-9-21(10-12-27)25-14-17-3-4-17/h5-8,13,15-17,21,25H,3-4,9-12,14H2,1-2H3. The number of carbonyl (C=O) groups excluding carboxylic acids is 1. The van der Waals surface area contributed by atoms with Crippen molar-refractivity contribution in [1.29, 1.82) is 0 Å². The summed E-state index contributed by atoms with van der Waals surface area (Å²) in [5, 5.41) is 3.67. The molecule has 1 saturated heterocycles. The number of hydrogen-bond acceptors (Lipinski definition) is 4. The van der Waals surface area contributed by atoms with E-state index in [-0.39, 0.29) is 5.91 Å². The van der Waals surface area contributed by atoms with Crippen molar-refractivity contribution in [3.05, 3.63) is 48.3 Å². The first-order valence-corrected chi connectivity index (χ1v) is 10.4. The summed E-state index contributed by atoms with van der Waals surface area (Å²) < 4.78 is 0. The van der Waals surface area contributed by atoms with Gasteiger partial charge in [-0.25, -0.2) is 0 Å². The number of nitrogens with one attached hydrogen (secondary N) is 1. The van der Waals surface area contributed by atoms with E-state index in [1.807, 2.05) is 31.3 Å². The summed E-state index contributed by atoms with van der Waals surface area (Å²) in [5.74, 6) is 1.00. The van der Waals surface area contributed by atoms with Crippen molar-refractivity contribution < 1.29 is 4.79 Å². The predicted molar refractivity (Wildman–Crippen MR) is 114 cm³/mol. The van der Waals surface area contributed by atoms with Crippen molar-refractivity contribution in [3.63, 3.8) is 0 Å². The third-order valence-corrected chi connectivity index (χ3v) is 5.88. The van der Waals surface area contributed by atoms with Crippen LogP contribution in [0.25, 0.3) is 11.1 Å². The lowest BCUT2D eigenvalue weighted by atomic mass is 10.0. The van der Waals surface area contributed by atoms with E-state index in [1.165, 1.54) is 12.8 Å². The SMILES string of the molecule is CN(C)c1ccc(-c2cncc(C(=O)N3CCC(NCC4CC4)CC3)c2)cc1. The number of hydrogen-bond donors (Lipinski definition) is 1. The molecule has 28 heavy (non-hydrogen) atoms. The number of anilines is 1. The van der Waals surface area contributed by atoms with Gasteiger partial charge in [0.15, 0.2) is 0 Å². The van der Waals surface area contributed by atoms with Crippen molar-refractivity contribution in [2.75, 3.05) is 38.6 Å². The number of piperidine rings is 1. The molecule has 5 nitrogen and oxygen atoms in total. The van der Waals surface area contributed by atoms with Crippen LogP contribution < -0.4 is 10.2 Å². The number of benzene rings is 1. The summed E-state index contributed by atoms with van der Waals surface area (Å²) >= 11 is 0. The fourth-order valence-corrected chi connectivity index (χ4v) is 3.79. The quantitative estimate of drug-likeness (QED) is 0.837. The highest BCUT2D eigenvalue weighted by Gasteiger charge is 2.26. The Balaban J connectivity index is 1.39. The lowest BCUT2D eigenvalue weighted by molar-refractivity contribution is 0.0704. The number of aromatic nitrogens is 1. The summed E-state index contributed by atoms with van der Waals surface area (Å²) in [6.45, 7) is 2.79. The molecule has 1 aromatic heterocycles. The van der Waals surface area contributed by atoms with Crippen LogP contribution in [0, 0.1) is 5.92 Å². The number of amides is 1. The van der Waals surface area contributed by atoms with E-state index in [2.05, 4.69) is 39.5 Å². The first kappa shape index (κ1) is 18.9. The molecule has 4 rings (SSSR count). The Morgan fingerprint density at radius 2 is 1.79 bits per heavy atom. The van der Waals surface area contributed by atoms with E-state index in [4.69, 9.17) is 0 Å². The number of likely N-dealkylation sites (tertiary alicyclic amines) is 1. The van der Waals surface area contributed by atoms with E-state index in [9.17, 15) is 4.79 Å². The average Bonchev–Trinajstić information content (AvgIpc) is 3.57. The molecule has 0 radical (unpaired) electrons. The lowest BCUT2D eigenvalue weighted by Gasteiger charge is -2.32. The maximum Gasteiger partial charge on any atom is 0.255 e. The molecule has 0 atom stereocenters. The maximum absolute atomic E-state index is 13.0. The molecule has 0 spiro atoms. The summed E-state index contributed by atoms with van der Waals surface area (Å²) in [5.41, 5.74) is 3.90. The van der Waals surface area contributed by atoms with Gasteiger partial charge in [-0.15, -0.1) is 0 Å². The average molecular weight is 379 g/mol. The minimum atomic E-state index is 0.0971. The van der Waals surface area contributed by atoms with Gasteiger partial charge in [-0.05, 0) is 61.9 Å². The molecule has 2 fully saturated rings. The van der Waals surface area contributed by atoms with Crippen LogP contribution in [-0.2, 0) is 0 Å². The molecular formula is C23H30N4O. The van der Waals surface area contributed by atoms with Crippen LogP contribution >= 0.6 is 0 Å². The molecule has 2 heterocycles. The van der Waals surface area contributed by atoms with Gasteiger partial charge in [0, 0.05) is 56.9 Å². The topological polar surface area (TPSA) is 48.5 Å². The Kier molecular flexibility index (Phi) is 5.62. The van der Waals surface area contributed by atoms with Crippen molar-refractivity contribution >= 4 is 11.6 Å². The predicted octanol–water partition coefficient (Wildman–Crippen LogP) is 3.42. The maximum atomic E-state index is 13.0. The number of carbonyl (C=O) groups is 1. The lowest BCUT2D eigenvalue weighted by Crippen LogP contribution is -2.45. The Morgan fingerprint density at radius 1 is 1.07 bits per heavy atom. The van der Waals surface area contributed by atoms with E-state index in [0.29, 0.717) is 11.6 Å². The Hall–Kier alpha value is -2.40. The molecule has 2 aromatic rings. The molecule has 1 aromatic carbocycles. The second-order valence-electron chi connectivity index (χ2n) is 8.32. The van der Waals surface area contributed by atoms with E-state index >= 15 is 0 Å². The molecule has 2 aliphatic rings. The van der Waals surface area contributed by atoms with Crippen molar-refractivity contribution in [3.8, 4) is 11.1 Å². The highest BCUT2D eigenvalue weighted by Crippen LogP contribution is 2.28. The van der Waals surface area contributed by atoms with E-state index in [1.54, 1.807) is 6.20 Å². The van der Waals surface area contributed by atoms with Crippen LogP contribution in [0.5, 0.6) is 0 Å². The number of nitrogens with zero attached hydrogens (tertiary/aromatic N) is 3. The van der Waals surface area contributed by atoms with Gasteiger partial charge >= 0.3 is 0 Å². The van der Waals surface area contributed by atoms with Crippen LogP contribution in [0.3, 0.4) is 0 Å². The normalized spacial score (nSPS) is 17.6. The summed E-state index contributed by atoms with van der Waals surface area (Å²) in [4.78, 5) is 21.4. The van der Waals surface area contributed by atoms with Crippen molar-refractivity contribution in [2.45, 2.75) is 31.7 Å². The van der Waals surface area contributed by atoms with Gasteiger partial charge in [-0.1, -0.05) is 12.1 Å². The van der Waals surface area contributed by atoms with Gasteiger partial charge in [-0.3, -0.25) is 9.78 Å². The molecule has 1 aliphatic heterocycles. The van der Waals surface area contributed by atoms with Gasteiger partial charge in [0.05, 0.1) is 5.56 Å². The van der Waals surface area contributed by atoms with Crippen LogP contribution in [0.4, 0.5) is 5.69 Å². The summed E-state index contributed by atoms with van der Waals surface area (Å²) in [6.07, 6.45) is 8.36. The molecule has 1 amide bonds. The second-order valence-corrected chi connectivity index (χ2v) is 8.32. The molecule has 148 valence electrons. The van der Waals surface area contributed by atoms with Gasteiger partial charge in [0.2, 0.25) is 0 Å². The zero-order valence-corrected chi connectivity index (χ0v) is 16.9. The fraction of sp³-hybridized carbons (Fsp3) is 0.478. The summed E-state index contributed by atoms with van der Waals surface area (Å²) in [6, 6.07) is 10.9. The summed E-state index contributed by atoms with van der Waals surface area (Å²) in [7, 11) is 4.06. The molecular weight excluding hydrogens is 348 g/mol. The van der Waals surface area contributed by atoms with E-state index < -0.39 is 0 Å². The number of pyridine rings is 1. The van der Waals surface area contributed by atoms with Gasteiger partial charge in [-0.2, -0.15) is 0 Å². The monoisotopic (exact) mass is 378 g/mol.